The Labute approximate surface area is 313 Å². The lowest BCUT2D eigenvalue weighted by atomic mass is 9.44. The number of hydrogen-bond acceptors (Lipinski definition) is 10. The lowest BCUT2D eigenvalue weighted by molar-refractivity contribution is -0.361. The van der Waals surface area contributed by atoms with E-state index in [9.17, 15) is 14.7 Å². The third-order valence-corrected chi connectivity index (χ3v) is 19.0. The van der Waals surface area contributed by atoms with Crippen LogP contribution in [0.4, 0.5) is 0 Å². The lowest BCUT2D eigenvalue weighted by Gasteiger charge is -2.70. The third kappa shape index (κ3) is 6.02. The molecule has 5 aliphatic rings. The quantitative estimate of drug-likeness (QED) is 0.147. The molecule has 52 heavy (non-hydrogen) atoms. The highest BCUT2D eigenvalue weighted by atomic mass is 28.4. The first kappa shape index (κ1) is 39.8. The minimum atomic E-state index is -2.30. The molecule has 3 aliphatic carbocycles. The highest BCUT2D eigenvalue weighted by molar-refractivity contribution is 6.73. The van der Waals surface area contributed by atoms with Crippen LogP contribution in [0.3, 0.4) is 0 Å². The van der Waals surface area contributed by atoms with Gasteiger partial charge in [0, 0.05) is 30.6 Å². The largest absolute Gasteiger partial charge is 0.455 e. The molecule has 2 heterocycles. The summed E-state index contributed by atoms with van der Waals surface area (Å²) in [5.74, 6) is -2.88. The van der Waals surface area contributed by atoms with Gasteiger partial charge in [-0.05, 0) is 68.2 Å². The zero-order valence-corrected chi connectivity index (χ0v) is 35.0. The van der Waals surface area contributed by atoms with Crippen LogP contribution in [0.25, 0.3) is 0 Å². The van der Waals surface area contributed by atoms with E-state index in [1.807, 2.05) is 33.8 Å². The maximum Gasteiger partial charge on any atom is 0.338 e. The van der Waals surface area contributed by atoms with Crippen molar-refractivity contribution in [2.24, 2.45) is 16.7 Å². The number of hydrogen-bond donors (Lipinski definition) is 1. The van der Waals surface area contributed by atoms with E-state index in [1.165, 1.54) is 6.92 Å². The maximum atomic E-state index is 14.4. The lowest BCUT2D eigenvalue weighted by Crippen LogP contribution is -2.82. The van der Waals surface area contributed by atoms with Crippen LogP contribution in [0, 0.1) is 16.7 Å². The predicted molar refractivity (Wildman–Crippen MR) is 199 cm³/mol. The van der Waals surface area contributed by atoms with Crippen LogP contribution in [-0.4, -0.2) is 95.3 Å². The van der Waals surface area contributed by atoms with Gasteiger partial charge in [0.1, 0.15) is 23.9 Å². The SMILES string of the molecule is CC[Si]OC1CC2(O)C(OC(=O)c3ccccc3)C3C4(OC(C)=O)COC4CC(O[Si](CC)(CC)CC)[C@@]3(C)C3OC(C)(C)OC3C(=C1C)C2(C)C. The van der Waals surface area contributed by atoms with Gasteiger partial charge in [0.05, 0.1) is 36.4 Å². The fourth-order valence-electron chi connectivity index (χ4n) is 10.5. The molecular formula is C40H60O10Si2. The Morgan fingerprint density at radius 3 is 2.21 bits per heavy atom. The van der Waals surface area contributed by atoms with Crippen LogP contribution in [-0.2, 0) is 37.3 Å². The zero-order chi connectivity index (χ0) is 38.1. The van der Waals surface area contributed by atoms with Gasteiger partial charge >= 0.3 is 11.9 Å². The second kappa shape index (κ2) is 14.0. The van der Waals surface area contributed by atoms with Crippen LogP contribution < -0.4 is 0 Å². The summed E-state index contributed by atoms with van der Waals surface area (Å²) >= 11 is 0. The topological polar surface area (TPSA) is 119 Å². The van der Waals surface area contributed by atoms with Crippen LogP contribution in [0.5, 0.6) is 0 Å². The number of benzene rings is 1. The summed E-state index contributed by atoms with van der Waals surface area (Å²) in [6, 6.07) is 12.4. The van der Waals surface area contributed by atoms with E-state index >= 15 is 0 Å². The average molecular weight is 757 g/mol. The molecule has 288 valence electrons. The van der Waals surface area contributed by atoms with E-state index in [-0.39, 0.29) is 22.8 Å². The molecule has 2 bridgehead atoms. The number of carbonyl (C=O) groups excluding carboxylic acids is 2. The molecule has 0 spiro atoms. The first-order valence-electron chi connectivity index (χ1n) is 19.3. The predicted octanol–water partition coefficient (Wildman–Crippen LogP) is 6.78. The molecule has 6 rings (SSSR count). The Kier molecular flexibility index (Phi) is 10.7. The number of rotatable bonds is 11. The van der Waals surface area contributed by atoms with Crippen LogP contribution >= 0.6 is 0 Å². The van der Waals surface area contributed by atoms with E-state index in [1.54, 1.807) is 24.3 Å². The Bertz CT molecular complexity index is 1540. The summed E-state index contributed by atoms with van der Waals surface area (Å²) in [7, 11) is -2.10. The fourth-order valence-corrected chi connectivity index (χ4v) is 14.1. The highest BCUT2D eigenvalue weighted by Gasteiger charge is 2.79. The van der Waals surface area contributed by atoms with Crippen molar-refractivity contribution in [1.29, 1.82) is 0 Å². The van der Waals surface area contributed by atoms with Crippen molar-refractivity contribution >= 4 is 30.0 Å². The van der Waals surface area contributed by atoms with Crippen molar-refractivity contribution < 1.29 is 47.2 Å². The van der Waals surface area contributed by atoms with Gasteiger partial charge in [-0.3, -0.25) is 4.79 Å². The van der Waals surface area contributed by atoms with Crippen molar-refractivity contribution in [1.82, 2.24) is 0 Å². The van der Waals surface area contributed by atoms with Gasteiger partial charge in [-0.15, -0.1) is 0 Å². The first-order valence-corrected chi connectivity index (χ1v) is 23.0. The number of carbonyl (C=O) groups is 2. The Hall–Kier alpha value is -1.91. The molecule has 1 N–H and O–H groups in total. The second-order valence-electron chi connectivity index (χ2n) is 16.9. The first-order chi connectivity index (χ1) is 24.4. The summed E-state index contributed by atoms with van der Waals surface area (Å²) in [6.07, 6.45) is -3.32. The van der Waals surface area contributed by atoms with E-state index in [0.717, 1.165) is 35.3 Å². The fraction of sp³-hybridized carbons (Fsp3) is 0.750. The number of ether oxygens (including phenoxy) is 5. The zero-order valence-electron chi connectivity index (χ0n) is 33.0. The van der Waals surface area contributed by atoms with Crippen molar-refractivity contribution in [3.05, 3.63) is 47.0 Å². The van der Waals surface area contributed by atoms with Crippen LogP contribution in [0.15, 0.2) is 41.5 Å². The van der Waals surface area contributed by atoms with Gasteiger partial charge in [0.2, 0.25) is 9.76 Å². The minimum Gasteiger partial charge on any atom is -0.455 e. The second-order valence-corrected chi connectivity index (χ2v) is 22.9. The summed E-state index contributed by atoms with van der Waals surface area (Å²) in [5.41, 5.74) is -2.75. The molecule has 10 nitrogen and oxygen atoms in total. The van der Waals surface area contributed by atoms with Crippen LogP contribution in [0.1, 0.15) is 99.4 Å². The van der Waals surface area contributed by atoms with E-state index in [0.29, 0.717) is 12.0 Å². The highest BCUT2D eigenvalue weighted by Crippen LogP contribution is 2.68. The molecular weight excluding hydrogens is 697 g/mol. The molecule has 0 amide bonds. The average Bonchev–Trinajstić information content (AvgIpc) is 3.42. The number of esters is 2. The van der Waals surface area contributed by atoms with Gasteiger partial charge in [-0.25, -0.2) is 4.79 Å². The third-order valence-electron chi connectivity index (χ3n) is 13.6. The number of aliphatic hydroxyl groups is 1. The maximum absolute atomic E-state index is 14.4. The molecule has 4 fully saturated rings. The molecule has 2 aliphatic heterocycles. The van der Waals surface area contributed by atoms with Gasteiger partial charge in [0.25, 0.3) is 0 Å². The summed E-state index contributed by atoms with van der Waals surface area (Å²) in [6.45, 7) is 22.2. The molecule has 0 aromatic heterocycles. The Balaban J connectivity index is 1.69. The summed E-state index contributed by atoms with van der Waals surface area (Å²) < 4.78 is 47.9. The van der Waals surface area contributed by atoms with Gasteiger partial charge < -0.3 is 37.6 Å². The van der Waals surface area contributed by atoms with Gasteiger partial charge in [-0.1, -0.05) is 66.7 Å². The van der Waals surface area contributed by atoms with Gasteiger partial charge in [0.15, 0.2) is 19.7 Å². The summed E-state index contributed by atoms with van der Waals surface area (Å²) in [5, 5.41) is 13.8. The van der Waals surface area contributed by atoms with E-state index in [4.69, 9.17) is 32.5 Å². The van der Waals surface area contributed by atoms with Crippen molar-refractivity contribution in [2.45, 2.75) is 167 Å². The van der Waals surface area contributed by atoms with E-state index in [2.05, 4.69) is 41.5 Å². The standard InChI is InChI=1S/C40H60O10Si2/c1-12-51-49-27-22-40(43)34(45-35(42)26-19-17-16-18-20-26)32-38(11,33-31(47-37(9,10)48-33)30(24(27)5)36(40,7)8)28(50-52(13-2,14-3)15-4)21-29-39(32,23-44-29)46-25(6)41/h16-20,27-29,31-34,43H,12-15,21-23H2,1-11H3/t27?,28?,29?,31?,32?,33?,34?,38-,39?,40?/m1/s1. The summed E-state index contributed by atoms with van der Waals surface area (Å²) in [4.78, 5) is 27.7. The Morgan fingerprint density at radius 2 is 1.65 bits per heavy atom. The molecule has 2 saturated carbocycles. The smallest absolute Gasteiger partial charge is 0.338 e. The minimum absolute atomic E-state index is 0.0819. The molecule has 2 saturated heterocycles. The Morgan fingerprint density at radius 1 is 1.00 bits per heavy atom. The normalized spacial score (nSPS) is 38.9. The number of fused-ring (bicyclic) bond motifs is 8. The molecule has 1 aromatic rings. The van der Waals surface area contributed by atoms with Crippen LogP contribution in [0.2, 0.25) is 24.2 Å². The molecule has 12 heteroatoms. The molecule has 2 radical (unpaired) electrons. The van der Waals surface area contributed by atoms with E-state index < -0.39 is 90.6 Å². The van der Waals surface area contributed by atoms with Gasteiger partial charge in [-0.2, -0.15) is 0 Å². The van der Waals surface area contributed by atoms with Crippen molar-refractivity contribution in [3.63, 3.8) is 0 Å². The molecule has 9 unspecified atom stereocenters. The monoisotopic (exact) mass is 756 g/mol. The van der Waals surface area contributed by atoms with Crippen molar-refractivity contribution in [2.75, 3.05) is 6.61 Å². The molecule has 10 atom stereocenters. The van der Waals surface area contributed by atoms with Crippen molar-refractivity contribution in [3.8, 4) is 0 Å². The molecule has 1 aromatic carbocycles.